The van der Waals surface area contributed by atoms with Crippen molar-refractivity contribution < 1.29 is 4.79 Å². The van der Waals surface area contributed by atoms with E-state index in [1.165, 1.54) is 0 Å². The van der Waals surface area contributed by atoms with Crippen LogP contribution in [0.2, 0.25) is 20.1 Å². The molecule has 0 aliphatic rings. The number of carbonyl (C=O) groups is 1. The minimum atomic E-state index is -0.664. The second-order valence-corrected chi connectivity index (χ2v) is 5.57. The molecule has 0 bridgehead atoms. The van der Waals surface area contributed by atoms with Crippen molar-refractivity contribution >= 4 is 63.2 Å². The fourth-order valence-corrected chi connectivity index (χ4v) is 2.83. The van der Waals surface area contributed by atoms with Crippen molar-refractivity contribution in [2.45, 2.75) is 0 Å². The van der Waals surface area contributed by atoms with Gasteiger partial charge in [-0.1, -0.05) is 64.6 Å². The molecule has 2 aromatic rings. The minimum absolute atomic E-state index is 0.186. The maximum atomic E-state index is 11.5. The van der Waals surface area contributed by atoms with Crippen LogP contribution in [0.1, 0.15) is 10.4 Å². The molecule has 0 amide bonds. The lowest BCUT2D eigenvalue weighted by atomic mass is 10.00. The first-order valence-electron chi connectivity index (χ1n) is 5.05. The van der Waals surface area contributed by atoms with Gasteiger partial charge in [-0.05, 0) is 29.3 Å². The third-order valence-electron chi connectivity index (χ3n) is 2.54. The molecule has 1 nitrogen and oxygen atoms in total. The molecule has 0 radical (unpaired) electrons. The Hall–Kier alpha value is -0.440. The fourth-order valence-electron chi connectivity index (χ4n) is 1.68. The summed E-state index contributed by atoms with van der Waals surface area (Å²) in [5.74, 6) is 0. The number of hydrogen-bond donors (Lipinski definition) is 0. The molecule has 0 atom stereocenters. The quantitative estimate of drug-likeness (QED) is 0.454. The molecule has 98 valence electrons. The fraction of sp³-hybridized carbons (Fsp3) is 0. The lowest BCUT2D eigenvalue weighted by Gasteiger charge is -2.11. The second-order valence-electron chi connectivity index (χ2n) is 3.66. The summed E-state index contributed by atoms with van der Waals surface area (Å²) in [7, 11) is 0. The molecular weight excluding hydrogens is 349 g/mol. The first-order chi connectivity index (χ1) is 8.93. The lowest BCUT2D eigenvalue weighted by molar-refractivity contribution is 0.108. The first kappa shape index (κ1) is 15.0. The van der Waals surface area contributed by atoms with E-state index in [4.69, 9.17) is 58.0 Å². The van der Waals surface area contributed by atoms with Gasteiger partial charge in [0.2, 0.25) is 0 Å². The molecule has 0 saturated carbocycles. The molecule has 0 aliphatic heterocycles. The zero-order valence-corrected chi connectivity index (χ0v) is 13.0. The summed E-state index contributed by atoms with van der Waals surface area (Å²) >= 11 is 29.6. The van der Waals surface area contributed by atoms with Crippen LogP contribution in [-0.2, 0) is 0 Å². The van der Waals surface area contributed by atoms with Crippen LogP contribution in [0.4, 0.5) is 0 Å². The highest BCUT2D eigenvalue weighted by Gasteiger charge is 2.18. The molecular formula is C13H5Cl5O. The van der Waals surface area contributed by atoms with Gasteiger partial charge >= 0.3 is 0 Å². The summed E-state index contributed by atoms with van der Waals surface area (Å²) in [6, 6.07) is 8.21. The Bertz CT molecular complexity index is 666. The third kappa shape index (κ3) is 2.86. The van der Waals surface area contributed by atoms with Crippen molar-refractivity contribution in [1.29, 1.82) is 0 Å². The number of hydrogen-bond acceptors (Lipinski definition) is 1. The normalized spacial score (nSPS) is 10.6. The third-order valence-corrected chi connectivity index (χ3v) is 4.33. The van der Waals surface area contributed by atoms with Crippen LogP contribution in [0.5, 0.6) is 0 Å². The Morgan fingerprint density at radius 3 is 2.11 bits per heavy atom. The smallest absolute Gasteiger partial charge is 0.254 e. The number of halogens is 5. The monoisotopic (exact) mass is 352 g/mol. The Labute approximate surface area is 135 Å². The van der Waals surface area contributed by atoms with E-state index >= 15 is 0 Å². The molecule has 0 fully saturated rings. The van der Waals surface area contributed by atoms with Crippen molar-refractivity contribution in [1.82, 2.24) is 0 Å². The molecule has 0 spiro atoms. The lowest BCUT2D eigenvalue weighted by Crippen LogP contribution is -1.96. The number of carbonyl (C=O) groups excluding carboxylic acids is 1. The van der Waals surface area contributed by atoms with Gasteiger partial charge in [-0.15, -0.1) is 0 Å². The van der Waals surface area contributed by atoms with Crippen molar-refractivity contribution in [2.75, 3.05) is 0 Å². The van der Waals surface area contributed by atoms with Crippen molar-refractivity contribution in [3.8, 4) is 11.1 Å². The zero-order chi connectivity index (χ0) is 14.2. The Morgan fingerprint density at radius 2 is 1.47 bits per heavy atom. The predicted molar refractivity (Wildman–Crippen MR) is 82.1 cm³/mol. The molecule has 0 aromatic heterocycles. The van der Waals surface area contributed by atoms with Gasteiger partial charge in [0.1, 0.15) is 0 Å². The van der Waals surface area contributed by atoms with Crippen LogP contribution in [0.15, 0.2) is 30.3 Å². The predicted octanol–water partition coefficient (Wildman–Crippen LogP) is 6.35. The van der Waals surface area contributed by atoms with E-state index in [0.29, 0.717) is 16.1 Å². The molecule has 2 rings (SSSR count). The number of rotatable bonds is 2. The summed E-state index contributed by atoms with van der Waals surface area (Å²) in [4.78, 5) is 11.5. The van der Waals surface area contributed by atoms with Crippen LogP contribution in [0.3, 0.4) is 0 Å². The SMILES string of the molecule is O=C(Cl)c1c(Cl)cccc1-c1ccc(Cl)c(Cl)c1Cl. The van der Waals surface area contributed by atoms with Gasteiger partial charge in [0.15, 0.2) is 0 Å². The molecule has 6 heteroatoms. The second kappa shape index (κ2) is 5.90. The maximum Gasteiger partial charge on any atom is 0.254 e. The van der Waals surface area contributed by atoms with Gasteiger partial charge in [0.25, 0.3) is 5.24 Å². The van der Waals surface area contributed by atoms with E-state index in [2.05, 4.69) is 0 Å². The summed E-state index contributed by atoms with van der Waals surface area (Å²) < 4.78 is 0. The Balaban J connectivity index is 2.77. The van der Waals surface area contributed by atoms with E-state index in [1.54, 1.807) is 30.3 Å². The van der Waals surface area contributed by atoms with Gasteiger partial charge in [0, 0.05) is 5.56 Å². The van der Waals surface area contributed by atoms with Crippen molar-refractivity contribution in [3.05, 3.63) is 56.0 Å². The molecule has 0 N–H and O–H groups in total. The van der Waals surface area contributed by atoms with Gasteiger partial charge in [-0.25, -0.2) is 0 Å². The van der Waals surface area contributed by atoms with Crippen LogP contribution in [-0.4, -0.2) is 5.24 Å². The first-order valence-corrected chi connectivity index (χ1v) is 6.94. The standard InChI is InChI=1S/C13H5Cl5O/c14-8-3-1-2-6(10(8)13(18)19)7-4-5-9(15)12(17)11(7)16/h1-5H. The molecule has 0 heterocycles. The van der Waals surface area contributed by atoms with Crippen LogP contribution in [0.25, 0.3) is 11.1 Å². The number of benzene rings is 2. The highest BCUT2D eigenvalue weighted by atomic mass is 35.5. The molecule has 0 aliphatic carbocycles. The molecule has 0 saturated heterocycles. The average Bonchev–Trinajstić information content (AvgIpc) is 2.35. The van der Waals surface area contributed by atoms with E-state index in [-0.39, 0.29) is 20.6 Å². The molecule has 2 aromatic carbocycles. The van der Waals surface area contributed by atoms with Crippen LogP contribution in [0, 0.1) is 0 Å². The van der Waals surface area contributed by atoms with E-state index in [1.807, 2.05) is 0 Å². The highest BCUT2D eigenvalue weighted by Crippen LogP contribution is 2.40. The van der Waals surface area contributed by atoms with Gasteiger partial charge < -0.3 is 0 Å². The largest absolute Gasteiger partial charge is 0.276 e. The van der Waals surface area contributed by atoms with Crippen LogP contribution < -0.4 is 0 Å². The summed E-state index contributed by atoms with van der Waals surface area (Å²) in [6.45, 7) is 0. The zero-order valence-electron chi connectivity index (χ0n) is 9.18. The minimum Gasteiger partial charge on any atom is -0.276 e. The van der Waals surface area contributed by atoms with Crippen LogP contribution >= 0.6 is 58.0 Å². The summed E-state index contributed by atoms with van der Waals surface area (Å²) in [6.07, 6.45) is 0. The van der Waals surface area contributed by atoms with Crippen molar-refractivity contribution in [2.24, 2.45) is 0 Å². The average molecular weight is 354 g/mol. The summed E-state index contributed by atoms with van der Waals surface area (Å²) in [5, 5.41) is 0.378. The highest BCUT2D eigenvalue weighted by molar-refractivity contribution is 6.69. The Morgan fingerprint density at radius 1 is 0.789 bits per heavy atom. The summed E-state index contributed by atoms with van der Waals surface area (Å²) in [5.41, 5.74) is 1.24. The van der Waals surface area contributed by atoms with Gasteiger partial charge in [-0.3, -0.25) is 4.79 Å². The van der Waals surface area contributed by atoms with Gasteiger partial charge in [-0.2, -0.15) is 0 Å². The van der Waals surface area contributed by atoms with E-state index < -0.39 is 5.24 Å². The van der Waals surface area contributed by atoms with Crippen molar-refractivity contribution in [3.63, 3.8) is 0 Å². The Kier molecular flexibility index (Phi) is 4.65. The maximum absolute atomic E-state index is 11.5. The van der Waals surface area contributed by atoms with E-state index in [9.17, 15) is 4.79 Å². The van der Waals surface area contributed by atoms with Gasteiger partial charge in [0.05, 0.1) is 25.7 Å². The molecule has 19 heavy (non-hydrogen) atoms. The van der Waals surface area contributed by atoms with E-state index in [0.717, 1.165) is 0 Å². The topological polar surface area (TPSA) is 17.1 Å². The molecule has 0 unspecified atom stereocenters.